The third kappa shape index (κ3) is 4.28. The van der Waals surface area contributed by atoms with Crippen LogP contribution >= 0.6 is 11.3 Å². The average molecular weight is 535 g/mol. The number of carbonyl (C=O) groups is 2. The molecule has 2 aliphatic rings. The number of aromatic nitrogens is 4. The average Bonchev–Trinajstić information content (AvgIpc) is 3.55. The van der Waals surface area contributed by atoms with Gasteiger partial charge >= 0.3 is 6.03 Å². The van der Waals surface area contributed by atoms with Crippen molar-refractivity contribution in [1.82, 2.24) is 34.9 Å². The summed E-state index contributed by atoms with van der Waals surface area (Å²) in [6.45, 7) is 2.30. The van der Waals surface area contributed by atoms with Gasteiger partial charge in [0.05, 0.1) is 29.9 Å². The van der Waals surface area contributed by atoms with Gasteiger partial charge in [0.2, 0.25) is 5.91 Å². The van der Waals surface area contributed by atoms with E-state index in [1.807, 2.05) is 17.0 Å². The minimum absolute atomic E-state index is 0.00230. The van der Waals surface area contributed by atoms with Crippen molar-refractivity contribution >= 4 is 55.9 Å². The van der Waals surface area contributed by atoms with Crippen LogP contribution in [-0.2, 0) is 17.6 Å². The number of urea groups is 1. The third-order valence-corrected chi connectivity index (χ3v) is 8.61. The van der Waals surface area contributed by atoms with Crippen molar-refractivity contribution < 1.29 is 14.3 Å². The number of aryl methyl sites for hydroxylation is 1. The lowest BCUT2D eigenvalue weighted by Gasteiger charge is -2.38. The van der Waals surface area contributed by atoms with Gasteiger partial charge in [-0.15, -0.1) is 11.3 Å². The number of rotatable bonds is 4. The second-order valence-corrected chi connectivity index (χ2v) is 11.1. The Labute approximate surface area is 223 Å². The molecule has 6 rings (SSSR count). The molecule has 3 amide bonds. The number of benzene rings is 1. The second-order valence-electron chi connectivity index (χ2n) is 9.97. The van der Waals surface area contributed by atoms with Gasteiger partial charge in [-0.3, -0.25) is 9.89 Å². The predicted octanol–water partition coefficient (Wildman–Crippen LogP) is 3.25. The number of piperazine rings is 1. The molecular weight excluding hydrogens is 504 g/mol. The van der Waals surface area contributed by atoms with Crippen LogP contribution in [0.25, 0.3) is 21.1 Å². The van der Waals surface area contributed by atoms with E-state index in [4.69, 9.17) is 4.74 Å². The van der Waals surface area contributed by atoms with Crippen LogP contribution in [0, 0.1) is 5.92 Å². The first-order valence-electron chi connectivity index (χ1n) is 12.7. The van der Waals surface area contributed by atoms with Gasteiger partial charge in [0, 0.05) is 62.5 Å². The first kappa shape index (κ1) is 24.4. The number of H-pyrrole nitrogens is 1. The van der Waals surface area contributed by atoms with Gasteiger partial charge in [-0.1, -0.05) is 0 Å². The quantitative estimate of drug-likeness (QED) is 0.412. The SMILES string of the molecule is COc1cc2[nH]ncc2cc1Nc1ncnc2sc3c(c12)CC[C@H](C(=O)N1CCN(C(=O)N(C)C)CC1)C3. The molecule has 0 saturated carbocycles. The Morgan fingerprint density at radius 2 is 1.95 bits per heavy atom. The van der Waals surface area contributed by atoms with E-state index in [9.17, 15) is 9.59 Å². The Morgan fingerprint density at radius 3 is 2.71 bits per heavy atom. The molecule has 0 spiro atoms. The van der Waals surface area contributed by atoms with E-state index in [0.29, 0.717) is 38.3 Å². The summed E-state index contributed by atoms with van der Waals surface area (Å²) in [5.41, 5.74) is 2.92. The maximum Gasteiger partial charge on any atom is 0.319 e. The molecule has 4 heterocycles. The van der Waals surface area contributed by atoms with E-state index in [1.54, 1.807) is 54.9 Å². The van der Waals surface area contributed by atoms with Crippen LogP contribution in [0.5, 0.6) is 5.75 Å². The van der Waals surface area contributed by atoms with Crippen molar-refractivity contribution in [3.63, 3.8) is 0 Å². The fourth-order valence-electron chi connectivity index (χ4n) is 5.44. The lowest BCUT2D eigenvalue weighted by molar-refractivity contribution is -0.137. The predicted molar refractivity (Wildman–Crippen MR) is 146 cm³/mol. The van der Waals surface area contributed by atoms with Gasteiger partial charge in [0.15, 0.2) is 0 Å². The Hall–Kier alpha value is -3.93. The molecular formula is C26H30N8O3S. The number of aromatic amines is 1. The molecule has 11 nitrogen and oxygen atoms in total. The van der Waals surface area contributed by atoms with Crippen molar-refractivity contribution in [1.29, 1.82) is 0 Å². The van der Waals surface area contributed by atoms with Crippen LogP contribution < -0.4 is 10.1 Å². The first-order valence-corrected chi connectivity index (χ1v) is 13.5. The Kier molecular flexibility index (Phi) is 6.26. The number of amides is 3. The molecule has 1 aromatic carbocycles. The molecule has 0 radical (unpaired) electrons. The van der Waals surface area contributed by atoms with Gasteiger partial charge in [-0.05, 0) is 30.9 Å². The van der Waals surface area contributed by atoms with Crippen LogP contribution in [0.1, 0.15) is 16.9 Å². The number of fused-ring (bicyclic) bond motifs is 4. The fraction of sp³-hybridized carbons (Fsp3) is 0.423. The number of hydrogen-bond acceptors (Lipinski definition) is 8. The van der Waals surface area contributed by atoms with E-state index in [2.05, 4.69) is 25.5 Å². The van der Waals surface area contributed by atoms with Crippen LogP contribution in [0.4, 0.5) is 16.3 Å². The van der Waals surface area contributed by atoms with Gasteiger partial charge in [0.25, 0.3) is 0 Å². The maximum atomic E-state index is 13.4. The fourth-order valence-corrected chi connectivity index (χ4v) is 6.71. The molecule has 3 aromatic heterocycles. The Morgan fingerprint density at radius 1 is 1.16 bits per heavy atom. The van der Waals surface area contributed by atoms with Gasteiger partial charge in [0.1, 0.15) is 22.7 Å². The van der Waals surface area contributed by atoms with E-state index in [1.165, 1.54) is 10.4 Å². The molecule has 1 aliphatic heterocycles. The van der Waals surface area contributed by atoms with Gasteiger partial charge in [-0.25, -0.2) is 14.8 Å². The third-order valence-electron chi connectivity index (χ3n) is 7.45. The lowest BCUT2D eigenvalue weighted by atomic mass is 9.86. The number of methoxy groups -OCH3 is 1. The van der Waals surface area contributed by atoms with Gasteiger partial charge in [-0.2, -0.15) is 5.10 Å². The zero-order chi connectivity index (χ0) is 26.4. The summed E-state index contributed by atoms with van der Waals surface area (Å²) in [4.78, 5) is 42.2. The summed E-state index contributed by atoms with van der Waals surface area (Å²) in [6, 6.07) is 3.90. The van der Waals surface area contributed by atoms with Crippen LogP contribution in [0.15, 0.2) is 24.7 Å². The second kappa shape index (κ2) is 9.75. The number of ether oxygens (including phenoxy) is 1. The highest BCUT2D eigenvalue weighted by Gasteiger charge is 2.33. The highest BCUT2D eigenvalue weighted by Crippen LogP contribution is 2.42. The minimum Gasteiger partial charge on any atom is -0.494 e. The molecule has 198 valence electrons. The number of thiophene rings is 1. The van der Waals surface area contributed by atoms with E-state index in [0.717, 1.165) is 45.5 Å². The number of nitrogens with zero attached hydrogens (tertiary/aromatic N) is 6. The zero-order valence-electron chi connectivity index (χ0n) is 21.7. The highest BCUT2D eigenvalue weighted by molar-refractivity contribution is 7.19. The first-order chi connectivity index (χ1) is 18.4. The van der Waals surface area contributed by atoms with E-state index in [-0.39, 0.29) is 17.9 Å². The van der Waals surface area contributed by atoms with Crippen molar-refractivity contribution in [2.24, 2.45) is 5.92 Å². The monoisotopic (exact) mass is 534 g/mol. The normalized spacial score (nSPS) is 17.5. The highest BCUT2D eigenvalue weighted by atomic mass is 32.1. The summed E-state index contributed by atoms with van der Waals surface area (Å²) in [6.07, 6.45) is 5.64. The summed E-state index contributed by atoms with van der Waals surface area (Å²) >= 11 is 1.65. The van der Waals surface area contributed by atoms with Crippen molar-refractivity contribution in [3.05, 3.63) is 35.1 Å². The Balaban J connectivity index is 1.21. The number of hydrogen-bond donors (Lipinski definition) is 2. The number of anilines is 2. The van der Waals surface area contributed by atoms with Crippen molar-refractivity contribution in [3.8, 4) is 5.75 Å². The Bertz CT molecular complexity index is 1520. The molecule has 0 bridgehead atoms. The standard InChI is InChI=1S/C26H30N8O3S/c1-32(2)26(36)34-8-6-33(7-9-34)25(35)15-4-5-17-21(11-15)38-24-22(17)23(27-14-28-24)30-19-10-16-13-29-31-18(16)12-20(19)37-3/h10,12-15H,4-9,11H2,1-3H3,(H,29,31)(H,27,28,30)/t15-/m0/s1. The largest absolute Gasteiger partial charge is 0.494 e. The molecule has 4 aromatic rings. The van der Waals surface area contributed by atoms with Crippen molar-refractivity contribution in [2.75, 3.05) is 52.7 Å². The van der Waals surface area contributed by atoms with Crippen LogP contribution in [0.3, 0.4) is 0 Å². The smallest absolute Gasteiger partial charge is 0.319 e. The molecule has 1 saturated heterocycles. The lowest BCUT2D eigenvalue weighted by Crippen LogP contribution is -2.54. The zero-order valence-corrected chi connectivity index (χ0v) is 22.5. The molecule has 12 heteroatoms. The molecule has 2 N–H and O–H groups in total. The summed E-state index contributed by atoms with van der Waals surface area (Å²) < 4.78 is 5.61. The molecule has 1 atom stereocenters. The molecule has 0 unspecified atom stereocenters. The topological polar surface area (TPSA) is 120 Å². The van der Waals surface area contributed by atoms with E-state index >= 15 is 0 Å². The summed E-state index contributed by atoms with van der Waals surface area (Å²) in [5.74, 6) is 1.56. The van der Waals surface area contributed by atoms with Crippen LogP contribution in [0.2, 0.25) is 0 Å². The number of nitrogens with one attached hydrogen (secondary N) is 2. The number of carbonyl (C=O) groups excluding carboxylic acids is 2. The van der Waals surface area contributed by atoms with Crippen LogP contribution in [-0.4, -0.2) is 94.2 Å². The van der Waals surface area contributed by atoms with Gasteiger partial charge < -0.3 is 24.8 Å². The minimum atomic E-state index is -0.0559. The molecule has 1 fully saturated rings. The van der Waals surface area contributed by atoms with E-state index < -0.39 is 0 Å². The molecule has 1 aliphatic carbocycles. The van der Waals surface area contributed by atoms with Crippen molar-refractivity contribution in [2.45, 2.75) is 19.3 Å². The summed E-state index contributed by atoms with van der Waals surface area (Å²) in [7, 11) is 5.15. The summed E-state index contributed by atoms with van der Waals surface area (Å²) in [5, 5.41) is 12.5. The molecule has 38 heavy (non-hydrogen) atoms. The maximum absolute atomic E-state index is 13.4.